The minimum absolute atomic E-state index is 0.0497. The Morgan fingerprint density at radius 2 is 1.67 bits per heavy atom. The summed E-state index contributed by atoms with van der Waals surface area (Å²) in [5.41, 5.74) is 0.0529. The zero-order valence-corrected chi connectivity index (χ0v) is 9.17. The lowest BCUT2D eigenvalue weighted by atomic mass is 10.0. The first-order valence-electron chi connectivity index (χ1n) is 5.13. The van der Waals surface area contributed by atoms with Crippen LogP contribution in [-0.4, -0.2) is 10.7 Å². The maximum atomic E-state index is 13.4. The molecule has 0 aliphatic rings. The van der Waals surface area contributed by atoms with Crippen molar-refractivity contribution < 1.29 is 14.1 Å². The van der Waals surface area contributed by atoms with E-state index in [1.165, 1.54) is 42.5 Å². The van der Waals surface area contributed by atoms with Crippen LogP contribution in [0.1, 0.15) is 15.9 Å². The van der Waals surface area contributed by atoms with E-state index in [9.17, 15) is 19.3 Å². The lowest BCUT2D eigenvalue weighted by Gasteiger charge is -2.02. The average Bonchev–Trinajstić information content (AvgIpc) is 2.38. The number of ketones is 1. The number of hydrogen-bond acceptors (Lipinski definition) is 3. The first kappa shape index (κ1) is 11.9. The average molecular weight is 245 g/mol. The third-order valence-electron chi connectivity index (χ3n) is 2.46. The summed E-state index contributed by atoms with van der Waals surface area (Å²) in [5, 5.41) is 10.5. The Morgan fingerprint density at radius 3 is 2.22 bits per heavy atom. The second-order valence-electron chi connectivity index (χ2n) is 3.61. The van der Waals surface area contributed by atoms with Gasteiger partial charge in [-0.05, 0) is 24.3 Å². The summed E-state index contributed by atoms with van der Waals surface area (Å²) in [5.74, 6) is -1.11. The van der Waals surface area contributed by atoms with E-state index in [1.54, 1.807) is 6.07 Å². The molecular weight excluding hydrogens is 237 g/mol. The van der Waals surface area contributed by atoms with E-state index in [-0.39, 0.29) is 16.8 Å². The number of nitro benzene ring substituents is 1. The molecule has 0 amide bonds. The van der Waals surface area contributed by atoms with Crippen LogP contribution in [0.25, 0.3) is 0 Å². The van der Waals surface area contributed by atoms with Crippen molar-refractivity contribution in [1.82, 2.24) is 0 Å². The molecule has 0 atom stereocenters. The standard InChI is InChI=1S/C13H8FNO3/c14-12-4-2-1-3-11(12)13(16)9-5-7-10(8-6-9)15(17)18/h1-8H. The number of non-ortho nitro benzene ring substituents is 1. The first-order valence-corrected chi connectivity index (χ1v) is 5.13. The third-order valence-corrected chi connectivity index (χ3v) is 2.46. The lowest BCUT2D eigenvalue weighted by molar-refractivity contribution is -0.384. The largest absolute Gasteiger partial charge is 0.288 e. The van der Waals surface area contributed by atoms with E-state index >= 15 is 0 Å². The molecule has 2 aromatic rings. The Balaban J connectivity index is 2.35. The highest BCUT2D eigenvalue weighted by Crippen LogP contribution is 2.16. The third kappa shape index (κ3) is 2.24. The van der Waals surface area contributed by atoms with Crippen LogP contribution in [0.5, 0.6) is 0 Å². The highest BCUT2D eigenvalue weighted by molar-refractivity contribution is 6.09. The summed E-state index contributed by atoms with van der Waals surface area (Å²) < 4.78 is 13.4. The Labute approximate surface area is 102 Å². The molecule has 0 saturated carbocycles. The number of hydrogen-bond donors (Lipinski definition) is 0. The topological polar surface area (TPSA) is 60.2 Å². The van der Waals surface area contributed by atoms with Crippen LogP contribution in [0.15, 0.2) is 48.5 Å². The summed E-state index contributed by atoms with van der Waals surface area (Å²) >= 11 is 0. The van der Waals surface area contributed by atoms with Gasteiger partial charge < -0.3 is 0 Å². The van der Waals surface area contributed by atoms with Crippen molar-refractivity contribution in [3.63, 3.8) is 0 Å². The summed E-state index contributed by atoms with van der Waals surface area (Å²) in [6.07, 6.45) is 0. The van der Waals surface area contributed by atoms with Crippen LogP contribution in [0.4, 0.5) is 10.1 Å². The van der Waals surface area contributed by atoms with Gasteiger partial charge in [0.05, 0.1) is 10.5 Å². The van der Waals surface area contributed by atoms with Crippen molar-refractivity contribution in [3.05, 3.63) is 75.6 Å². The molecule has 2 rings (SSSR count). The highest BCUT2D eigenvalue weighted by atomic mass is 19.1. The number of nitro groups is 1. The van der Waals surface area contributed by atoms with Crippen LogP contribution in [0.2, 0.25) is 0 Å². The van der Waals surface area contributed by atoms with Crippen molar-refractivity contribution in [2.45, 2.75) is 0 Å². The van der Waals surface area contributed by atoms with Crippen LogP contribution in [0.3, 0.4) is 0 Å². The molecular formula is C13H8FNO3. The van der Waals surface area contributed by atoms with Gasteiger partial charge in [0.2, 0.25) is 0 Å². The minimum Gasteiger partial charge on any atom is -0.288 e. The monoisotopic (exact) mass is 245 g/mol. The molecule has 4 nitrogen and oxygen atoms in total. The van der Waals surface area contributed by atoms with Gasteiger partial charge in [-0.2, -0.15) is 0 Å². The first-order chi connectivity index (χ1) is 8.59. The second kappa shape index (κ2) is 4.75. The van der Waals surface area contributed by atoms with Crippen molar-refractivity contribution in [1.29, 1.82) is 0 Å². The molecule has 0 unspecified atom stereocenters. The number of rotatable bonds is 3. The fraction of sp³-hybridized carbons (Fsp3) is 0. The lowest BCUT2D eigenvalue weighted by Crippen LogP contribution is -2.04. The van der Waals surface area contributed by atoms with Crippen LogP contribution in [0, 0.1) is 15.9 Å². The molecule has 18 heavy (non-hydrogen) atoms. The minimum atomic E-state index is -0.610. The molecule has 0 N–H and O–H groups in total. The van der Waals surface area contributed by atoms with Crippen LogP contribution >= 0.6 is 0 Å². The Bertz CT molecular complexity index is 608. The highest BCUT2D eigenvalue weighted by Gasteiger charge is 2.14. The number of carbonyl (C=O) groups is 1. The van der Waals surface area contributed by atoms with Crippen molar-refractivity contribution in [2.75, 3.05) is 0 Å². The predicted octanol–water partition coefficient (Wildman–Crippen LogP) is 2.96. The molecule has 0 aliphatic heterocycles. The van der Waals surface area contributed by atoms with E-state index in [0.717, 1.165) is 0 Å². The summed E-state index contributed by atoms with van der Waals surface area (Å²) in [6.45, 7) is 0. The molecule has 2 aromatic carbocycles. The molecule has 0 radical (unpaired) electrons. The molecule has 0 spiro atoms. The van der Waals surface area contributed by atoms with Crippen molar-refractivity contribution in [3.8, 4) is 0 Å². The smallest absolute Gasteiger partial charge is 0.269 e. The number of carbonyl (C=O) groups excluding carboxylic acids is 1. The van der Waals surface area contributed by atoms with Gasteiger partial charge >= 0.3 is 0 Å². The predicted molar refractivity (Wildman–Crippen MR) is 62.9 cm³/mol. The van der Waals surface area contributed by atoms with Gasteiger partial charge in [0, 0.05) is 17.7 Å². The van der Waals surface area contributed by atoms with E-state index in [2.05, 4.69) is 0 Å². The SMILES string of the molecule is O=C(c1ccc([N+](=O)[O-])cc1)c1ccccc1F. The van der Waals surface area contributed by atoms with E-state index < -0.39 is 16.5 Å². The van der Waals surface area contributed by atoms with Gasteiger partial charge in [0.15, 0.2) is 5.78 Å². The number of nitrogens with zero attached hydrogens (tertiary/aromatic N) is 1. The van der Waals surface area contributed by atoms with Gasteiger partial charge in [-0.15, -0.1) is 0 Å². The molecule has 0 saturated heterocycles. The summed E-state index contributed by atoms with van der Waals surface area (Å²) in [7, 11) is 0. The van der Waals surface area contributed by atoms with Gasteiger partial charge in [0.1, 0.15) is 5.82 Å². The Hall–Kier alpha value is -2.56. The maximum Gasteiger partial charge on any atom is 0.269 e. The quantitative estimate of drug-likeness (QED) is 0.474. The zero-order valence-electron chi connectivity index (χ0n) is 9.17. The number of halogens is 1. The summed E-state index contributed by atoms with van der Waals surface area (Å²) in [6, 6.07) is 10.7. The molecule has 0 aromatic heterocycles. The fourth-order valence-corrected chi connectivity index (χ4v) is 1.54. The summed E-state index contributed by atoms with van der Waals surface area (Å²) in [4.78, 5) is 21.8. The van der Waals surface area contributed by atoms with E-state index in [0.29, 0.717) is 0 Å². The van der Waals surface area contributed by atoms with Crippen molar-refractivity contribution in [2.24, 2.45) is 0 Å². The Morgan fingerprint density at radius 1 is 1.06 bits per heavy atom. The second-order valence-corrected chi connectivity index (χ2v) is 3.61. The fourth-order valence-electron chi connectivity index (χ4n) is 1.54. The maximum absolute atomic E-state index is 13.4. The van der Waals surface area contributed by atoms with E-state index in [1.807, 2.05) is 0 Å². The van der Waals surface area contributed by atoms with Crippen LogP contribution < -0.4 is 0 Å². The molecule has 5 heteroatoms. The van der Waals surface area contributed by atoms with Crippen molar-refractivity contribution >= 4 is 11.5 Å². The molecule has 90 valence electrons. The van der Waals surface area contributed by atoms with Gasteiger partial charge in [-0.25, -0.2) is 4.39 Å². The normalized spacial score (nSPS) is 10.1. The van der Waals surface area contributed by atoms with Gasteiger partial charge in [-0.1, -0.05) is 12.1 Å². The van der Waals surface area contributed by atoms with Gasteiger partial charge in [-0.3, -0.25) is 14.9 Å². The van der Waals surface area contributed by atoms with Crippen LogP contribution in [-0.2, 0) is 0 Å². The molecule has 0 heterocycles. The molecule has 0 aliphatic carbocycles. The zero-order chi connectivity index (χ0) is 13.1. The Kier molecular flexibility index (Phi) is 3.14. The molecule has 0 bridgehead atoms. The van der Waals surface area contributed by atoms with Gasteiger partial charge in [0.25, 0.3) is 5.69 Å². The van der Waals surface area contributed by atoms with E-state index in [4.69, 9.17) is 0 Å². The molecule has 0 fully saturated rings. The number of benzene rings is 2.